The number of hydrogen-bond donors (Lipinski definition) is 8. The molecule has 2 rings (SSSR count). The summed E-state index contributed by atoms with van der Waals surface area (Å²) < 4.78 is 42.8. The van der Waals surface area contributed by atoms with Crippen molar-refractivity contribution < 1.29 is 68.3 Å². The number of ether oxygens (including phenoxy) is 7. The summed E-state index contributed by atoms with van der Waals surface area (Å²) in [6.45, 7) is 22.8. The minimum atomic E-state index is -1.71. The number of amides is 2. The van der Waals surface area contributed by atoms with Crippen LogP contribution in [0.3, 0.4) is 0 Å². The number of aliphatic hydroxyl groups excluding tert-OH is 5. The number of nitrogens with one attached hydrogen (secondary N) is 3. The molecule has 1 aliphatic rings. The summed E-state index contributed by atoms with van der Waals surface area (Å²) in [6.07, 6.45) is -3.58. The van der Waals surface area contributed by atoms with Gasteiger partial charge in [0.25, 0.3) is 0 Å². The summed E-state index contributed by atoms with van der Waals surface area (Å²) in [5.41, 5.74) is -3.06. The lowest BCUT2D eigenvalue weighted by atomic mass is 9.81. The zero-order chi connectivity index (χ0) is 51.3. The molecular formula is C50H93N3O14. The van der Waals surface area contributed by atoms with Gasteiger partial charge in [-0.1, -0.05) is 39.2 Å². The van der Waals surface area contributed by atoms with Crippen molar-refractivity contribution in [3.8, 4) is 11.5 Å². The summed E-state index contributed by atoms with van der Waals surface area (Å²) >= 11 is 0. The van der Waals surface area contributed by atoms with Crippen molar-refractivity contribution in [2.24, 2.45) is 11.8 Å². The Morgan fingerprint density at radius 2 is 1.45 bits per heavy atom. The maximum atomic E-state index is 14.2. The fourth-order valence-corrected chi connectivity index (χ4v) is 8.16. The van der Waals surface area contributed by atoms with Gasteiger partial charge in [0.1, 0.15) is 36.6 Å². The van der Waals surface area contributed by atoms with E-state index in [-0.39, 0.29) is 31.6 Å². The van der Waals surface area contributed by atoms with Crippen molar-refractivity contribution in [3.05, 3.63) is 23.8 Å². The predicted octanol–water partition coefficient (Wildman–Crippen LogP) is 4.09. The molecule has 0 aliphatic carbocycles. The second-order valence-corrected chi connectivity index (χ2v) is 20.4. The van der Waals surface area contributed by atoms with Crippen LogP contribution in [0.4, 0.5) is 0 Å². The molecule has 2 amide bonds. The van der Waals surface area contributed by atoms with E-state index in [4.69, 9.17) is 38.0 Å². The van der Waals surface area contributed by atoms with Crippen LogP contribution in [0.1, 0.15) is 127 Å². The molecule has 17 nitrogen and oxygen atoms in total. The summed E-state index contributed by atoms with van der Waals surface area (Å²) in [7, 11) is 6.60. The highest BCUT2D eigenvalue weighted by molar-refractivity contribution is 5.80. The first-order valence-electron chi connectivity index (χ1n) is 24.1. The molecule has 9 atom stereocenters. The van der Waals surface area contributed by atoms with Gasteiger partial charge >= 0.3 is 0 Å². The maximum absolute atomic E-state index is 14.2. The lowest BCUT2D eigenvalue weighted by Crippen LogP contribution is -2.65. The van der Waals surface area contributed by atoms with E-state index in [1.165, 1.54) is 0 Å². The molecule has 1 saturated heterocycles. The maximum Gasteiger partial charge on any atom is 0.228 e. The Kier molecular flexibility index (Phi) is 27.4. The quantitative estimate of drug-likeness (QED) is 0.0387. The lowest BCUT2D eigenvalue weighted by molar-refractivity contribution is -0.294. The number of carbonyl (C=O) groups excluding carboxylic acids is 2. The molecule has 1 aromatic carbocycles. The number of aliphatic hydroxyl groups is 5. The Labute approximate surface area is 402 Å². The Bertz CT molecular complexity index is 1540. The molecule has 17 heteroatoms. The lowest BCUT2D eigenvalue weighted by Gasteiger charge is -2.50. The van der Waals surface area contributed by atoms with E-state index in [9.17, 15) is 30.3 Å². The first-order chi connectivity index (χ1) is 31.2. The number of benzene rings is 1. The highest BCUT2D eigenvalue weighted by Gasteiger charge is 2.52. The molecular weight excluding hydrogens is 867 g/mol. The van der Waals surface area contributed by atoms with Gasteiger partial charge in [0.2, 0.25) is 12.3 Å². The van der Waals surface area contributed by atoms with Gasteiger partial charge in [-0.25, -0.2) is 0 Å². The molecule has 0 spiro atoms. The molecule has 8 N–H and O–H groups in total. The Balaban J connectivity index is 0.00000538. The second-order valence-electron chi connectivity index (χ2n) is 20.4. The number of carbonyl (C=O) groups is 2. The van der Waals surface area contributed by atoms with E-state index in [1.54, 1.807) is 41.2 Å². The molecule has 0 radical (unpaired) electrons. The van der Waals surface area contributed by atoms with Crippen molar-refractivity contribution in [1.82, 2.24) is 16.0 Å². The zero-order valence-electron chi connectivity index (χ0n) is 43.8. The molecule has 1 aromatic rings. The zero-order valence-corrected chi connectivity index (χ0v) is 43.8. The second kappa shape index (κ2) is 29.5. The van der Waals surface area contributed by atoms with Crippen LogP contribution in [0, 0.1) is 11.8 Å². The third kappa shape index (κ3) is 20.3. The molecule has 392 valence electrons. The number of unbranched alkanes of at least 4 members (excludes halogenated alkanes) is 3. The van der Waals surface area contributed by atoms with Crippen LogP contribution >= 0.6 is 0 Å². The van der Waals surface area contributed by atoms with Crippen LogP contribution in [-0.2, 0) is 39.7 Å². The largest absolute Gasteiger partial charge is 0.493 e. The average molecular weight is 960 g/mol. The van der Waals surface area contributed by atoms with E-state index in [2.05, 4.69) is 16.0 Å². The van der Waals surface area contributed by atoms with Crippen molar-refractivity contribution in [2.75, 3.05) is 54.6 Å². The smallest absolute Gasteiger partial charge is 0.228 e. The van der Waals surface area contributed by atoms with Gasteiger partial charge < -0.3 is 74.6 Å². The number of hydrogen-bond acceptors (Lipinski definition) is 15. The fraction of sp³-hybridized carbons (Fsp3) is 0.840. The summed E-state index contributed by atoms with van der Waals surface area (Å²) in [6, 6.07) is 5.48. The molecule has 1 aliphatic heterocycles. The third-order valence-electron chi connectivity index (χ3n) is 12.6. The van der Waals surface area contributed by atoms with Crippen molar-refractivity contribution in [1.29, 1.82) is 0 Å². The third-order valence-corrected chi connectivity index (χ3v) is 12.6. The van der Waals surface area contributed by atoms with Crippen LogP contribution in [0.15, 0.2) is 18.2 Å². The fourth-order valence-electron chi connectivity index (χ4n) is 8.16. The molecule has 0 bridgehead atoms. The van der Waals surface area contributed by atoms with Crippen molar-refractivity contribution >= 4 is 12.3 Å². The first kappa shape index (κ1) is 62.3. The predicted molar refractivity (Wildman–Crippen MR) is 259 cm³/mol. The number of rotatable bonds is 31. The van der Waals surface area contributed by atoms with Gasteiger partial charge in [0.15, 0.2) is 11.5 Å². The standard InChI is InChI=1S/C48H88N2O13.C2H5NO/c1-30(2)46(7,8)62-36(29-51)38(52)39(53)37(44(56)50-26-23-32-21-22-33(57-14)35(28-32)58-15)47(9,10)59-27-24-45(5,6)63-42-34(20-18-16-17-19-25-49-13)60-43(41(55)40(42)54)48(11,12)61-31(3)4;1-3-2-4/h21-22,28,30-31,34,36-43,49,51-55H,16-20,23-27,29H2,1-15H3,(H,50,56);2H,1H3,(H,3,4)/t34?,36-,37?,38?,39?,40?,41?,42-,43?;/m1./s1. The minimum absolute atomic E-state index is 0.0113. The first-order valence-corrected chi connectivity index (χ1v) is 24.1. The molecule has 7 unspecified atom stereocenters. The van der Waals surface area contributed by atoms with E-state index >= 15 is 0 Å². The van der Waals surface area contributed by atoms with Crippen LogP contribution in [0.5, 0.6) is 11.5 Å². The number of methoxy groups -OCH3 is 2. The van der Waals surface area contributed by atoms with Crippen LogP contribution in [0.2, 0.25) is 0 Å². The van der Waals surface area contributed by atoms with Crippen LogP contribution in [0.25, 0.3) is 0 Å². The van der Waals surface area contributed by atoms with E-state index < -0.39 is 89.7 Å². The van der Waals surface area contributed by atoms with Gasteiger partial charge in [-0.15, -0.1) is 0 Å². The topological polar surface area (TPSA) is 236 Å². The van der Waals surface area contributed by atoms with Gasteiger partial charge in [0.05, 0.1) is 74.1 Å². The molecule has 0 saturated carbocycles. The van der Waals surface area contributed by atoms with Gasteiger partial charge in [0, 0.05) is 13.6 Å². The van der Waals surface area contributed by atoms with Gasteiger partial charge in [-0.2, -0.15) is 0 Å². The average Bonchev–Trinajstić information content (AvgIpc) is 3.25. The van der Waals surface area contributed by atoms with Crippen LogP contribution < -0.4 is 25.4 Å². The highest BCUT2D eigenvalue weighted by Crippen LogP contribution is 2.37. The van der Waals surface area contributed by atoms with Gasteiger partial charge in [-0.3, -0.25) is 9.59 Å². The van der Waals surface area contributed by atoms with E-state index in [1.807, 2.05) is 88.4 Å². The van der Waals surface area contributed by atoms with Crippen molar-refractivity contribution in [2.45, 2.75) is 205 Å². The molecule has 1 fully saturated rings. The summed E-state index contributed by atoms with van der Waals surface area (Å²) in [5, 5.41) is 65.3. The summed E-state index contributed by atoms with van der Waals surface area (Å²) in [5.74, 6) is -0.746. The summed E-state index contributed by atoms with van der Waals surface area (Å²) in [4.78, 5) is 23.2. The van der Waals surface area contributed by atoms with Gasteiger partial charge in [-0.05, 0) is 132 Å². The molecule has 1 heterocycles. The Morgan fingerprint density at radius 1 is 0.836 bits per heavy atom. The van der Waals surface area contributed by atoms with E-state index in [0.717, 1.165) is 37.8 Å². The van der Waals surface area contributed by atoms with Crippen molar-refractivity contribution in [3.63, 3.8) is 0 Å². The molecule has 67 heavy (non-hydrogen) atoms. The Hall–Kier alpha value is -2.68. The highest BCUT2D eigenvalue weighted by atomic mass is 16.6. The minimum Gasteiger partial charge on any atom is -0.493 e. The SMILES string of the molecule is CNC=O.CNCCCCCCC1OC(C(C)(C)OC(C)C)C(O)C(O)[C@@H]1OC(C)(C)CCOC(C)(C)C(C(=O)NCCc1ccc(OC)c(OC)c1)C(O)C(O)[C@@H](CO)OC(C)(C)C(C)C. The Morgan fingerprint density at radius 3 is 1.99 bits per heavy atom. The molecule has 0 aromatic heterocycles. The van der Waals surface area contributed by atoms with E-state index in [0.29, 0.717) is 30.8 Å². The van der Waals surface area contributed by atoms with Crippen LogP contribution in [-0.4, -0.2) is 170 Å². The monoisotopic (exact) mass is 960 g/mol. The normalized spacial score (nSPS) is 21.2.